The average molecular weight is 702 g/mol. The van der Waals surface area contributed by atoms with Crippen LogP contribution in [0, 0.1) is 0 Å². The number of aromatic nitrogens is 3. The van der Waals surface area contributed by atoms with Crippen molar-refractivity contribution in [2.24, 2.45) is 0 Å². The Balaban J connectivity index is 1.04. The molecule has 0 saturated heterocycles. The maximum Gasteiger partial charge on any atom is 0.161 e. The molecule has 0 unspecified atom stereocenters. The van der Waals surface area contributed by atoms with Gasteiger partial charge in [-0.15, -0.1) is 0 Å². The van der Waals surface area contributed by atoms with Crippen LogP contribution in [-0.2, 0) is 5.41 Å². The number of hydrogen-bond acceptors (Lipinski definition) is 3. The first-order valence-corrected chi connectivity index (χ1v) is 18.9. The molecule has 0 fully saturated rings. The molecule has 2 aliphatic carbocycles. The molecule has 0 bridgehead atoms. The summed E-state index contributed by atoms with van der Waals surface area (Å²) in [6.07, 6.45) is 3.71. The van der Waals surface area contributed by atoms with E-state index in [0.29, 0.717) is 5.82 Å². The van der Waals surface area contributed by atoms with E-state index < -0.39 is 0 Å². The van der Waals surface area contributed by atoms with Crippen molar-refractivity contribution in [1.29, 1.82) is 0 Å². The van der Waals surface area contributed by atoms with Crippen LogP contribution in [0.25, 0.3) is 100 Å². The topological polar surface area (TPSA) is 38.7 Å². The lowest BCUT2D eigenvalue weighted by Gasteiger charge is -2.22. The molecule has 0 radical (unpaired) electrons. The Morgan fingerprint density at radius 1 is 0.382 bits per heavy atom. The average Bonchev–Trinajstić information content (AvgIpc) is 3.70. The van der Waals surface area contributed by atoms with Gasteiger partial charge in [-0.3, -0.25) is 4.98 Å². The van der Waals surface area contributed by atoms with E-state index in [1.54, 1.807) is 0 Å². The van der Waals surface area contributed by atoms with E-state index in [0.717, 1.165) is 44.6 Å². The minimum atomic E-state index is -0.0462. The zero-order chi connectivity index (χ0) is 36.7. The molecule has 0 saturated carbocycles. The van der Waals surface area contributed by atoms with Gasteiger partial charge >= 0.3 is 0 Å². The lowest BCUT2D eigenvalue weighted by molar-refractivity contribution is 0.660. The molecular weight excluding hydrogens is 667 g/mol. The largest absolute Gasteiger partial charge is 0.264 e. The van der Waals surface area contributed by atoms with Gasteiger partial charge in [0.25, 0.3) is 0 Å². The fraction of sp³-hybridized carbons (Fsp3) is 0.0577. The van der Waals surface area contributed by atoms with E-state index in [1.165, 1.54) is 61.0 Å². The van der Waals surface area contributed by atoms with Crippen LogP contribution >= 0.6 is 0 Å². The third-order valence-corrected chi connectivity index (χ3v) is 11.8. The van der Waals surface area contributed by atoms with E-state index in [2.05, 4.69) is 177 Å². The minimum absolute atomic E-state index is 0.0462. The Morgan fingerprint density at radius 3 is 1.76 bits per heavy atom. The van der Waals surface area contributed by atoms with Crippen LogP contribution in [0.1, 0.15) is 25.0 Å². The summed E-state index contributed by atoms with van der Waals surface area (Å²) in [4.78, 5) is 15.0. The normalized spacial score (nSPS) is 13.1. The molecule has 11 rings (SSSR count). The number of rotatable bonds is 5. The zero-order valence-electron chi connectivity index (χ0n) is 30.6. The highest BCUT2D eigenvalue weighted by atomic mass is 14.9. The van der Waals surface area contributed by atoms with E-state index >= 15 is 0 Å². The highest BCUT2D eigenvalue weighted by Crippen LogP contribution is 2.51. The standard InChI is InChI=1S/C52H35N3/c1-52(2)46-18-6-5-15-40(46)41-24-23-35(29-47(41)52)32-19-21-33(22-20-32)48-30-49(36-11-7-10-34(28-36)37-12-9-27-53-31-37)55-51(54-48)45-26-25-44-39-14-4-3-13-38(39)42-16-8-17-43(45)50(42)44/h3-31H,1-2H3. The Labute approximate surface area is 320 Å². The van der Waals surface area contributed by atoms with Crippen molar-refractivity contribution in [3.63, 3.8) is 0 Å². The molecule has 0 spiro atoms. The van der Waals surface area contributed by atoms with Crippen molar-refractivity contribution in [3.05, 3.63) is 187 Å². The van der Waals surface area contributed by atoms with Crippen LogP contribution in [0.2, 0.25) is 0 Å². The van der Waals surface area contributed by atoms with E-state index in [-0.39, 0.29) is 5.41 Å². The predicted octanol–water partition coefficient (Wildman–Crippen LogP) is 13.3. The van der Waals surface area contributed by atoms with Gasteiger partial charge in [0.15, 0.2) is 5.82 Å². The van der Waals surface area contributed by atoms with Crippen molar-refractivity contribution in [2.45, 2.75) is 19.3 Å². The van der Waals surface area contributed by atoms with Crippen LogP contribution in [-0.4, -0.2) is 15.0 Å². The summed E-state index contributed by atoms with van der Waals surface area (Å²) in [5.74, 6) is 0.712. The molecule has 55 heavy (non-hydrogen) atoms. The summed E-state index contributed by atoms with van der Waals surface area (Å²) < 4.78 is 0. The molecule has 0 aliphatic heterocycles. The maximum absolute atomic E-state index is 5.33. The first kappa shape index (κ1) is 31.5. The van der Waals surface area contributed by atoms with Crippen molar-refractivity contribution in [1.82, 2.24) is 15.0 Å². The summed E-state index contributed by atoms with van der Waals surface area (Å²) in [5, 5.41) is 2.43. The van der Waals surface area contributed by atoms with Gasteiger partial charge in [-0.1, -0.05) is 147 Å². The highest BCUT2D eigenvalue weighted by molar-refractivity contribution is 6.18. The monoisotopic (exact) mass is 701 g/mol. The van der Waals surface area contributed by atoms with Gasteiger partial charge in [-0.2, -0.15) is 0 Å². The second kappa shape index (κ2) is 12.0. The van der Waals surface area contributed by atoms with Crippen LogP contribution < -0.4 is 0 Å². The van der Waals surface area contributed by atoms with E-state index in [1.807, 2.05) is 18.5 Å². The summed E-state index contributed by atoms with van der Waals surface area (Å²) in [7, 11) is 0. The van der Waals surface area contributed by atoms with E-state index in [9.17, 15) is 0 Å². The fourth-order valence-corrected chi connectivity index (χ4v) is 8.98. The third-order valence-electron chi connectivity index (χ3n) is 11.8. The van der Waals surface area contributed by atoms with Gasteiger partial charge in [0.2, 0.25) is 0 Å². The summed E-state index contributed by atoms with van der Waals surface area (Å²) >= 11 is 0. The molecule has 2 heterocycles. The summed E-state index contributed by atoms with van der Waals surface area (Å²) in [6, 6.07) is 59.1. The van der Waals surface area contributed by atoms with Crippen LogP contribution in [0.4, 0.5) is 0 Å². The minimum Gasteiger partial charge on any atom is -0.264 e. The molecule has 3 heteroatoms. The molecule has 2 aliphatic rings. The molecule has 0 amide bonds. The summed E-state index contributed by atoms with van der Waals surface area (Å²) in [5.41, 5.74) is 19.9. The number of fused-ring (bicyclic) bond motifs is 6. The second-order valence-electron chi connectivity index (χ2n) is 15.2. The van der Waals surface area contributed by atoms with Gasteiger partial charge < -0.3 is 0 Å². The summed E-state index contributed by atoms with van der Waals surface area (Å²) in [6.45, 7) is 4.67. The first-order valence-electron chi connectivity index (χ1n) is 18.9. The Kier molecular flexibility index (Phi) is 6.90. The lowest BCUT2D eigenvalue weighted by Crippen LogP contribution is -2.14. The molecule has 258 valence electrons. The number of benzene rings is 7. The molecule has 0 atom stereocenters. The number of hydrogen-bond donors (Lipinski definition) is 0. The van der Waals surface area contributed by atoms with Crippen LogP contribution in [0.5, 0.6) is 0 Å². The van der Waals surface area contributed by atoms with Gasteiger partial charge in [0.05, 0.1) is 11.4 Å². The second-order valence-corrected chi connectivity index (χ2v) is 15.2. The molecule has 9 aromatic rings. The van der Waals surface area contributed by atoms with Gasteiger partial charge in [0, 0.05) is 40.1 Å². The van der Waals surface area contributed by atoms with Crippen LogP contribution in [0.15, 0.2) is 176 Å². The molecule has 3 nitrogen and oxygen atoms in total. The zero-order valence-corrected chi connectivity index (χ0v) is 30.6. The van der Waals surface area contributed by atoms with Crippen LogP contribution in [0.3, 0.4) is 0 Å². The van der Waals surface area contributed by atoms with Gasteiger partial charge in [-0.05, 0) is 102 Å². The third kappa shape index (κ3) is 4.93. The fourth-order valence-electron chi connectivity index (χ4n) is 8.98. The Bertz CT molecular complexity index is 2970. The van der Waals surface area contributed by atoms with Crippen molar-refractivity contribution in [3.8, 4) is 89.5 Å². The lowest BCUT2D eigenvalue weighted by atomic mass is 9.81. The Hall–Kier alpha value is -6.97. The van der Waals surface area contributed by atoms with Crippen molar-refractivity contribution >= 4 is 10.8 Å². The molecule has 0 N–H and O–H groups in total. The smallest absolute Gasteiger partial charge is 0.161 e. The first-order chi connectivity index (χ1) is 27.0. The molecule has 7 aromatic carbocycles. The Morgan fingerprint density at radius 2 is 0.964 bits per heavy atom. The molecule has 2 aromatic heterocycles. The number of nitrogens with zero attached hydrogens (tertiary/aromatic N) is 3. The van der Waals surface area contributed by atoms with E-state index in [4.69, 9.17) is 9.97 Å². The quantitative estimate of drug-likeness (QED) is 0.179. The number of pyridine rings is 1. The van der Waals surface area contributed by atoms with Gasteiger partial charge in [-0.25, -0.2) is 9.97 Å². The van der Waals surface area contributed by atoms with Crippen molar-refractivity contribution in [2.75, 3.05) is 0 Å². The maximum atomic E-state index is 5.33. The van der Waals surface area contributed by atoms with Gasteiger partial charge in [0.1, 0.15) is 0 Å². The SMILES string of the molecule is CC1(C)c2ccccc2-c2ccc(-c3ccc(-c4cc(-c5cccc(-c6cccnc6)c5)nc(-c5ccc6c7c(cccc57)-c5ccccc5-6)n4)cc3)cc21. The molecular formula is C52H35N3. The highest BCUT2D eigenvalue weighted by Gasteiger charge is 2.35. The predicted molar refractivity (Wildman–Crippen MR) is 227 cm³/mol. The van der Waals surface area contributed by atoms with Crippen molar-refractivity contribution < 1.29 is 0 Å².